The Kier molecular flexibility index (Phi) is 6.94. The Hall–Kier alpha value is -3.26. The molecule has 3 aromatic carbocycles. The van der Waals surface area contributed by atoms with Crippen molar-refractivity contribution in [2.24, 2.45) is 0 Å². The minimum Gasteiger partial charge on any atom is -0.507 e. The molecule has 4 rings (SSSR count). The summed E-state index contributed by atoms with van der Waals surface area (Å²) in [5.41, 5.74) is 0.450. The Morgan fingerprint density at radius 2 is 1.54 bits per heavy atom. The zero-order valence-electron chi connectivity index (χ0n) is 18.3. The van der Waals surface area contributed by atoms with Gasteiger partial charge in [0.25, 0.3) is 11.7 Å². The number of carbonyl (C=O) groups excluding carboxylic acids is 2. The second kappa shape index (κ2) is 9.77. The number of ether oxygens (including phenoxy) is 2. The van der Waals surface area contributed by atoms with Gasteiger partial charge in [0.05, 0.1) is 36.4 Å². The molecule has 3 aromatic rings. The van der Waals surface area contributed by atoms with Crippen LogP contribution in [0.25, 0.3) is 5.76 Å². The van der Waals surface area contributed by atoms with E-state index in [1.807, 2.05) is 0 Å². The van der Waals surface area contributed by atoms with E-state index in [-0.39, 0.29) is 32.7 Å². The highest BCUT2D eigenvalue weighted by Crippen LogP contribution is 2.48. The molecule has 0 aromatic heterocycles. The molecule has 1 saturated heterocycles. The number of hydrogen-bond donors (Lipinski definition) is 1. The van der Waals surface area contributed by atoms with Gasteiger partial charge in [-0.2, -0.15) is 0 Å². The summed E-state index contributed by atoms with van der Waals surface area (Å²) in [5.74, 6) is -2.84. The standard InChI is InChI=1S/C25H17Cl3FNO5/c1-34-23-16(11-17(27)24(35-2)19(23)28)21(31)18-20(12-3-7-14(29)8-4-12)30(25(33)22(18)32)15-9-5-13(26)6-10-15/h3-11,20,31H,1-2H3/b21-18+. The van der Waals surface area contributed by atoms with E-state index in [2.05, 4.69) is 0 Å². The summed E-state index contributed by atoms with van der Waals surface area (Å²) in [7, 11) is 2.67. The molecular formula is C25H17Cl3FNO5. The number of carbonyl (C=O) groups is 2. The Morgan fingerprint density at radius 3 is 2.11 bits per heavy atom. The minimum atomic E-state index is -1.10. The Morgan fingerprint density at radius 1 is 0.943 bits per heavy atom. The molecule has 0 radical (unpaired) electrons. The lowest BCUT2D eigenvalue weighted by Gasteiger charge is -2.25. The smallest absolute Gasteiger partial charge is 0.300 e. The lowest BCUT2D eigenvalue weighted by atomic mass is 9.94. The zero-order valence-corrected chi connectivity index (χ0v) is 20.6. The number of Topliss-reactive ketones (excluding diaryl/α,β-unsaturated/α-hetero) is 1. The maximum atomic E-state index is 13.7. The van der Waals surface area contributed by atoms with Crippen LogP contribution in [0.2, 0.25) is 15.1 Å². The third kappa shape index (κ3) is 4.31. The van der Waals surface area contributed by atoms with Gasteiger partial charge in [-0.3, -0.25) is 14.5 Å². The molecule has 0 saturated carbocycles. The van der Waals surface area contributed by atoms with E-state index in [0.29, 0.717) is 16.3 Å². The molecule has 180 valence electrons. The predicted molar refractivity (Wildman–Crippen MR) is 132 cm³/mol. The van der Waals surface area contributed by atoms with Crippen LogP contribution in [0, 0.1) is 5.82 Å². The van der Waals surface area contributed by atoms with E-state index in [1.54, 1.807) is 24.3 Å². The molecule has 10 heteroatoms. The SMILES string of the molecule is COc1c(Cl)cc(/C(O)=C2\C(=O)C(=O)N(c3ccc(Cl)cc3)C2c2ccc(F)cc2)c(OC)c1Cl. The number of aliphatic hydroxyl groups is 1. The number of ketones is 1. The topological polar surface area (TPSA) is 76.1 Å². The normalized spacial score (nSPS) is 17.1. The van der Waals surface area contributed by atoms with Crippen molar-refractivity contribution in [1.29, 1.82) is 0 Å². The van der Waals surface area contributed by atoms with Gasteiger partial charge in [0.1, 0.15) is 16.6 Å². The van der Waals surface area contributed by atoms with Crippen LogP contribution >= 0.6 is 34.8 Å². The van der Waals surface area contributed by atoms with Crippen LogP contribution < -0.4 is 14.4 Å². The maximum Gasteiger partial charge on any atom is 0.300 e. The Labute approximate surface area is 215 Å². The van der Waals surface area contributed by atoms with Crippen molar-refractivity contribution in [3.05, 3.63) is 92.2 Å². The van der Waals surface area contributed by atoms with E-state index >= 15 is 0 Å². The molecule has 35 heavy (non-hydrogen) atoms. The minimum absolute atomic E-state index is 0.0130. The molecular weight excluding hydrogens is 520 g/mol. The first-order chi connectivity index (χ1) is 16.7. The summed E-state index contributed by atoms with van der Waals surface area (Å²) >= 11 is 18.6. The Bertz CT molecular complexity index is 1360. The van der Waals surface area contributed by atoms with Gasteiger partial charge in [-0.25, -0.2) is 4.39 Å². The van der Waals surface area contributed by atoms with Crippen LogP contribution in [-0.4, -0.2) is 31.0 Å². The van der Waals surface area contributed by atoms with Crippen molar-refractivity contribution < 1.29 is 28.6 Å². The molecule has 0 aliphatic carbocycles. The third-order valence-electron chi connectivity index (χ3n) is 5.53. The fourth-order valence-electron chi connectivity index (χ4n) is 3.95. The van der Waals surface area contributed by atoms with Gasteiger partial charge < -0.3 is 14.6 Å². The molecule has 1 N–H and O–H groups in total. The lowest BCUT2D eigenvalue weighted by molar-refractivity contribution is -0.132. The van der Waals surface area contributed by atoms with E-state index in [0.717, 1.165) is 0 Å². The van der Waals surface area contributed by atoms with Crippen molar-refractivity contribution in [1.82, 2.24) is 0 Å². The number of rotatable bonds is 5. The van der Waals surface area contributed by atoms with Gasteiger partial charge in [-0.15, -0.1) is 0 Å². The molecule has 6 nitrogen and oxygen atoms in total. The van der Waals surface area contributed by atoms with E-state index in [4.69, 9.17) is 44.3 Å². The maximum absolute atomic E-state index is 13.7. The number of benzene rings is 3. The van der Waals surface area contributed by atoms with Crippen LogP contribution in [0.1, 0.15) is 17.2 Å². The molecule has 1 aliphatic heterocycles. The fourth-order valence-corrected chi connectivity index (χ4v) is 4.77. The molecule has 1 atom stereocenters. The first-order valence-corrected chi connectivity index (χ1v) is 11.2. The summed E-state index contributed by atoms with van der Waals surface area (Å²) in [6, 6.07) is 11.7. The second-order valence-electron chi connectivity index (χ2n) is 7.48. The Balaban J connectivity index is 2.01. The van der Waals surface area contributed by atoms with Gasteiger partial charge in [0.15, 0.2) is 11.5 Å². The highest BCUT2D eigenvalue weighted by molar-refractivity contribution is 6.52. The number of hydrogen-bond acceptors (Lipinski definition) is 5. The highest BCUT2D eigenvalue weighted by atomic mass is 35.5. The number of aliphatic hydroxyl groups excluding tert-OH is 1. The largest absolute Gasteiger partial charge is 0.507 e. The predicted octanol–water partition coefficient (Wildman–Crippen LogP) is 6.43. The summed E-state index contributed by atoms with van der Waals surface area (Å²) in [4.78, 5) is 27.7. The van der Waals surface area contributed by atoms with Gasteiger partial charge in [0, 0.05) is 10.7 Å². The number of halogens is 4. The van der Waals surface area contributed by atoms with Crippen molar-refractivity contribution >= 4 is 57.9 Å². The van der Waals surface area contributed by atoms with Crippen molar-refractivity contribution in [3.8, 4) is 11.5 Å². The fraction of sp³-hybridized carbons (Fsp3) is 0.120. The molecule has 1 unspecified atom stereocenters. The van der Waals surface area contributed by atoms with E-state index in [1.165, 1.54) is 49.5 Å². The van der Waals surface area contributed by atoms with Gasteiger partial charge >= 0.3 is 0 Å². The highest BCUT2D eigenvalue weighted by Gasteiger charge is 2.47. The van der Waals surface area contributed by atoms with Crippen molar-refractivity contribution in [2.75, 3.05) is 19.1 Å². The van der Waals surface area contributed by atoms with Crippen LogP contribution in [0.4, 0.5) is 10.1 Å². The first-order valence-electron chi connectivity index (χ1n) is 10.1. The molecule has 1 fully saturated rings. The lowest BCUT2D eigenvalue weighted by Crippen LogP contribution is -2.29. The summed E-state index contributed by atoms with van der Waals surface area (Å²) < 4.78 is 24.2. The summed E-state index contributed by atoms with van der Waals surface area (Å²) in [6.45, 7) is 0. The van der Waals surface area contributed by atoms with Crippen LogP contribution in [0.15, 0.2) is 60.2 Å². The van der Waals surface area contributed by atoms with Crippen LogP contribution in [0.5, 0.6) is 11.5 Å². The number of nitrogens with zero attached hydrogens (tertiary/aromatic N) is 1. The van der Waals surface area contributed by atoms with E-state index < -0.39 is 29.3 Å². The monoisotopic (exact) mass is 535 g/mol. The molecule has 1 amide bonds. The van der Waals surface area contributed by atoms with E-state index in [9.17, 15) is 19.1 Å². The van der Waals surface area contributed by atoms with Crippen molar-refractivity contribution in [2.45, 2.75) is 6.04 Å². The molecule has 1 aliphatic rings. The van der Waals surface area contributed by atoms with Gasteiger partial charge in [-0.05, 0) is 48.0 Å². The average molecular weight is 537 g/mol. The number of anilines is 1. The van der Waals surface area contributed by atoms with Gasteiger partial charge in [-0.1, -0.05) is 46.9 Å². The van der Waals surface area contributed by atoms with Crippen molar-refractivity contribution in [3.63, 3.8) is 0 Å². The average Bonchev–Trinajstić information content (AvgIpc) is 3.10. The summed E-state index contributed by atoms with van der Waals surface area (Å²) in [5, 5.41) is 11.8. The molecule has 0 spiro atoms. The number of methoxy groups -OCH3 is 2. The molecule has 0 bridgehead atoms. The zero-order chi connectivity index (χ0) is 25.4. The quantitative estimate of drug-likeness (QED) is 0.231. The van der Waals surface area contributed by atoms with Crippen LogP contribution in [0.3, 0.4) is 0 Å². The first kappa shape index (κ1) is 24.9. The molecule has 1 heterocycles. The summed E-state index contributed by atoms with van der Waals surface area (Å²) in [6.07, 6.45) is 0. The third-order valence-corrected chi connectivity index (χ3v) is 6.41. The second-order valence-corrected chi connectivity index (χ2v) is 8.71. The van der Waals surface area contributed by atoms with Crippen LogP contribution in [-0.2, 0) is 9.59 Å². The van der Waals surface area contributed by atoms with Gasteiger partial charge in [0.2, 0.25) is 0 Å². The number of amides is 1.